The fraction of sp³-hybridized carbons (Fsp3) is 0.471. The lowest BCUT2D eigenvalue weighted by Gasteiger charge is -2.40. The molecule has 0 unspecified atom stereocenters. The highest BCUT2D eigenvalue weighted by atomic mass is 15.3. The van der Waals surface area contributed by atoms with Gasteiger partial charge in [-0.25, -0.2) is 0 Å². The zero-order chi connectivity index (χ0) is 14.2. The van der Waals surface area contributed by atoms with Gasteiger partial charge < -0.3 is 10.2 Å². The molecule has 4 nitrogen and oxygen atoms in total. The van der Waals surface area contributed by atoms with Crippen molar-refractivity contribution in [3.05, 3.63) is 48.3 Å². The second kappa shape index (κ2) is 5.19. The Hall–Kier alpha value is -1.81. The molecule has 4 rings (SSSR count). The minimum absolute atomic E-state index is 0.694. The van der Waals surface area contributed by atoms with E-state index in [0.29, 0.717) is 6.04 Å². The number of aryl methyl sites for hydroxylation is 1. The molecule has 1 aliphatic heterocycles. The van der Waals surface area contributed by atoms with E-state index in [1.807, 2.05) is 17.9 Å². The van der Waals surface area contributed by atoms with E-state index in [2.05, 4.69) is 51.8 Å². The van der Waals surface area contributed by atoms with Gasteiger partial charge in [0, 0.05) is 50.8 Å². The number of hydrogen-bond donors (Lipinski definition) is 1. The lowest BCUT2D eigenvalue weighted by atomic mass is 10.00. The van der Waals surface area contributed by atoms with Crippen LogP contribution in [0.15, 0.2) is 42.7 Å². The van der Waals surface area contributed by atoms with E-state index < -0.39 is 0 Å². The quantitative estimate of drug-likeness (QED) is 0.910. The van der Waals surface area contributed by atoms with Crippen LogP contribution in [-0.4, -0.2) is 35.5 Å². The van der Waals surface area contributed by atoms with Crippen LogP contribution in [0.4, 0.5) is 5.69 Å². The number of hydrogen-bond acceptors (Lipinski definition) is 3. The summed E-state index contributed by atoms with van der Waals surface area (Å²) < 4.78 is 1.87. The second-order valence-electron chi connectivity index (χ2n) is 6.41. The number of benzene rings is 1. The summed E-state index contributed by atoms with van der Waals surface area (Å²) in [5.74, 6) is 1.52. The van der Waals surface area contributed by atoms with Crippen LogP contribution in [0.1, 0.15) is 17.9 Å². The number of rotatable bonds is 5. The van der Waals surface area contributed by atoms with E-state index in [-0.39, 0.29) is 0 Å². The van der Waals surface area contributed by atoms with Crippen molar-refractivity contribution < 1.29 is 0 Å². The van der Waals surface area contributed by atoms with Gasteiger partial charge in [0.2, 0.25) is 0 Å². The van der Waals surface area contributed by atoms with Gasteiger partial charge in [-0.2, -0.15) is 5.10 Å². The second-order valence-corrected chi connectivity index (χ2v) is 6.41. The van der Waals surface area contributed by atoms with Crippen LogP contribution in [0.2, 0.25) is 0 Å². The van der Waals surface area contributed by atoms with Gasteiger partial charge in [0.15, 0.2) is 0 Å². The molecular weight excluding hydrogens is 260 g/mol. The summed E-state index contributed by atoms with van der Waals surface area (Å²) in [5.41, 5.74) is 2.74. The fourth-order valence-electron chi connectivity index (χ4n) is 3.29. The molecule has 1 aromatic carbocycles. The zero-order valence-corrected chi connectivity index (χ0v) is 12.4. The van der Waals surface area contributed by atoms with Crippen molar-refractivity contribution in [3.8, 4) is 0 Å². The van der Waals surface area contributed by atoms with Crippen molar-refractivity contribution >= 4 is 5.69 Å². The van der Waals surface area contributed by atoms with Gasteiger partial charge in [0.1, 0.15) is 0 Å². The predicted molar refractivity (Wildman–Crippen MR) is 84.5 cm³/mol. The van der Waals surface area contributed by atoms with Gasteiger partial charge >= 0.3 is 0 Å². The maximum Gasteiger partial charge on any atom is 0.0752 e. The van der Waals surface area contributed by atoms with Crippen LogP contribution in [0.5, 0.6) is 0 Å². The fourth-order valence-corrected chi connectivity index (χ4v) is 3.29. The van der Waals surface area contributed by atoms with E-state index in [1.54, 1.807) is 0 Å². The summed E-state index contributed by atoms with van der Waals surface area (Å²) in [7, 11) is 1.97. The van der Waals surface area contributed by atoms with Gasteiger partial charge in [-0.15, -0.1) is 0 Å². The van der Waals surface area contributed by atoms with Crippen molar-refractivity contribution in [1.29, 1.82) is 0 Å². The lowest BCUT2D eigenvalue weighted by Crippen LogP contribution is -2.51. The average Bonchev–Trinajstić information content (AvgIpc) is 3.12. The van der Waals surface area contributed by atoms with Gasteiger partial charge in [-0.3, -0.25) is 4.68 Å². The summed E-state index contributed by atoms with van der Waals surface area (Å²) in [6, 6.07) is 11.6. The Kier molecular flexibility index (Phi) is 3.19. The Morgan fingerprint density at radius 3 is 2.76 bits per heavy atom. The summed E-state index contributed by atoms with van der Waals surface area (Å²) in [4.78, 5) is 2.40. The summed E-state index contributed by atoms with van der Waals surface area (Å²) in [5, 5.41) is 7.97. The van der Waals surface area contributed by atoms with Crippen molar-refractivity contribution in [2.45, 2.75) is 18.4 Å². The average molecular weight is 282 g/mol. The zero-order valence-electron chi connectivity index (χ0n) is 12.4. The van der Waals surface area contributed by atoms with Crippen LogP contribution in [-0.2, 0) is 7.05 Å². The first kappa shape index (κ1) is 12.9. The van der Waals surface area contributed by atoms with Crippen LogP contribution >= 0.6 is 0 Å². The number of nitrogens with one attached hydrogen (secondary N) is 1. The normalized spacial score (nSPS) is 24.9. The molecule has 1 N–H and O–H groups in total. The first-order chi connectivity index (χ1) is 10.3. The molecule has 2 aromatic rings. The Bertz CT molecular complexity index is 600. The summed E-state index contributed by atoms with van der Waals surface area (Å²) >= 11 is 0. The van der Waals surface area contributed by atoms with Crippen LogP contribution < -0.4 is 10.2 Å². The Balaban J connectivity index is 1.20. The monoisotopic (exact) mass is 282 g/mol. The van der Waals surface area contributed by atoms with Crippen molar-refractivity contribution in [1.82, 2.24) is 15.1 Å². The first-order valence-corrected chi connectivity index (χ1v) is 7.81. The number of aromatic nitrogens is 2. The number of anilines is 1. The van der Waals surface area contributed by atoms with Gasteiger partial charge in [-0.1, -0.05) is 30.3 Å². The molecule has 0 radical (unpaired) electrons. The first-order valence-electron chi connectivity index (χ1n) is 7.81. The molecule has 1 saturated heterocycles. The van der Waals surface area contributed by atoms with E-state index >= 15 is 0 Å². The highest BCUT2D eigenvalue weighted by Crippen LogP contribution is 2.40. The van der Waals surface area contributed by atoms with Gasteiger partial charge in [0.05, 0.1) is 11.9 Å². The number of nitrogens with zero attached hydrogens (tertiary/aromatic N) is 3. The topological polar surface area (TPSA) is 33.1 Å². The summed E-state index contributed by atoms with van der Waals surface area (Å²) in [6.45, 7) is 3.45. The Morgan fingerprint density at radius 1 is 1.24 bits per heavy atom. The molecule has 2 fully saturated rings. The highest BCUT2D eigenvalue weighted by Gasteiger charge is 2.39. The molecule has 110 valence electrons. The summed E-state index contributed by atoms with van der Waals surface area (Å²) in [6.07, 6.45) is 5.34. The molecule has 21 heavy (non-hydrogen) atoms. The minimum Gasteiger partial charge on any atom is -0.368 e. The molecule has 1 aromatic heterocycles. The molecule has 1 aliphatic carbocycles. The Labute approximate surface area is 125 Å². The van der Waals surface area contributed by atoms with Gasteiger partial charge in [-0.05, 0) is 12.0 Å². The maximum absolute atomic E-state index is 4.23. The molecule has 0 amide bonds. The predicted octanol–water partition coefficient (Wildman–Crippen LogP) is 2.00. The van der Waals surface area contributed by atoms with Gasteiger partial charge in [0.25, 0.3) is 0 Å². The van der Waals surface area contributed by atoms with E-state index in [1.165, 1.54) is 17.7 Å². The van der Waals surface area contributed by atoms with Crippen LogP contribution in [0, 0.1) is 5.92 Å². The third-order valence-corrected chi connectivity index (χ3v) is 4.70. The Morgan fingerprint density at radius 2 is 2.05 bits per heavy atom. The molecule has 0 spiro atoms. The van der Waals surface area contributed by atoms with Crippen molar-refractivity contribution in [2.75, 3.05) is 24.5 Å². The lowest BCUT2D eigenvalue weighted by molar-refractivity contribution is 0.383. The molecule has 2 aliphatic rings. The molecule has 0 bridgehead atoms. The smallest absolute Gasteiger partial charge is 0.0752 e. The van der Waals surface area contributed by atoms with Crippen LogP contribution in [0.25, 0.3) is 0 Å². The van der Waals surface area contributed by atoms with Crippen molar-refractivity contribution in [2.24, 2.45) is 13.0 Å². The third kappa shape index (κ3) is 2.68. The molecular formula is C17H22N4. The standard InChI is InChI=1S/C17H22N4/c1-20-12-15(9-19-20)21-10-13(11-21)8-18-17-7-16(17)14-5-3-2-4-6-14/h2-6,9,12-13,16-18H,7-8,10-11H2,1H3/t16-,17+/m0/s1. The maximum atomic E-state index is 4.23. The SMILES string of the molecule is Cn1cc(N2CC(CN[C@@H]3C[C@H]3c3ccccc3)C2)cn1. The van der Waals surface area contributed by atoms with E-state index in [0.717, 1.165) is 31.5 Å². The largest absolute Gasteiger partial charge is 0.368 e. The van der Waals surface area contributed by atoms with Crippen LogP contribution in [0.3, 0.4) is 0 Å². The van der Waals surface area contributed by atoms with E-state index in [9.17, 15) is 0 Å². The molecule has 2 heterocycles. The van der Waals surface area contributed by atoms with E-state index in [4.69, 9.17) is 0 Å². The van der Waals surface area contributed by atoms with Crippen molar-refractivity contribution in [3.63, 3.8) is 0 Å². The molecule has 2 atom stereocenters. The molecule has 4 heteroatoms. The molecule has 1 saturated carbocycles. The minimum atomic E-state index is 0.694. The highest BCUT2D eigenvalue weighted by molar-refractivity contribution is 5.45. The third-order valence-electron chi connectivity index (χ3n) is 4.70.